The van der Waals surface area contributed by atoms with Crippen LogP contribution in [0.3, 0.4) is 0 Å². The molecule has 7 nitrogen and oxygen atoms in total. The molecule has 3 aromatic carbocycles. The molecular formula is C23H23NO6. The molecule has 0 fully saturated rings. The molecule has 0 atom stereocenters. The Morgan fingerprint density at radius 1 is 0.933 bits per heavy atom. The van der Waals surface area contributed by atoms with Crippen LogP contribution in [0.4, 0.5) is 0 Å². The summed E-state index contributed by atoms with van der Waals surface area (Å²) in [6.45, 7) is 2.00. The summed E-state index contributed by atoms with van der Waals surface area (Å²) in [7, 11) is 2.91. The minimum atomic E-state index is -0.0707. The fourth-order valence-electron chi connectivity index (χ4n) is 3.24. The molecule has 0 aromatic heterocycles. The predicted molar refractivity (Wildman–Crippen MR) is 115 cm³/mol. The van der Waals surface area contributed by atoms with Gasteiger partial charge in [-0.25, -0.2) is 0 Å². The molecule has 0 saturated carbocycles. The van der Waals surface area contributed by atoms with Gasteiger partial charge < -0.3 is 29.6 Å². The standard InChI is InChI=1S/C23H23NO6/c1-14-12-18(15-4-7-17(25)8-5-15)23(28-2)22(27)21(14)16-6-9-20(19(26)13-16)30-11-10-24-29-3/h4-10,12-13,25-27H,11H2,1-3H3/b24-10+. The smallest absolute Gasteiger partial charge is 0.168 e. The average molecular weight is 409 g/mol. The number of rotatable bonds is 7. The summed E-state index contributed by atoms with van der Waals surface area (Å²) in [5, 5.41) is 34.4. The van der Waals surface area contributed by atoms with Crippen LogP contribution in [0.5, 0.6) is 28.7 Å². The lowest BCUT2D eigenvalue weighted by Gasteiger charge is -2.18. The van der Waals surface area contributed by atoms with Crippen LogP contribution in [0.1, 0.15) is 5.56 Å². The van der Waals surface area contributed by atoms with Crippen molar-refractivity contribution in [3.8, 4) is 51.0 Å². The zero-order chi connectivity index (χ0) is 21.7. The fourth-order valence-corrected chi connectivity index (χ4v) is 3.24. The first-order chi connectivity index (χ1) is 14.5. The van der Waals surface area contributed by atoms with E-state index in [1.165, 1.54) is 26.5 Å². The van der Waals surface area contributed by atoms with Gasteiger partial charge in [0.25, 0.3) is 0 Å². The number of benzene rings is 3. The van der Waals surface area contributed by atoms with Gasteiger partial charge >= 0.3 is 0 Å². The van der Waals surface area contributed by atoms with E-state index in [0.29, 0.717) is 22.4 Å². The van der Waals surface area contributed by atoms with Crippen LogP contribution in [0, 0.1) is 6.92 Å². The van der Waals surface area contributed by atoms with Gasteiger partial charge in [0.2, 0.25) is 0 Å². The molecule has 156 valence electrons. The lowest BCUT2D eigenvalue weighted by atomic mass is 9.93. The number of aromatic hydroxyl groups is 3. The summed E-state index contributed by atoms with van der Waals surface area (Å²) in [4.78, 5) is 4.56. The van der Waals surface area contributed by atoms with Crippen LogP contribution in [0.2, 0.25) is 0 Å². The Balaban J connectivity index is 2.01. The molecule has 3 aromatic rings. The average Bonchev–Trinajstić information content (AvgIpc) is 2.72. The first-order valence-corrected chi connectivity index (χ1v) is 9.17. The first kappa shape index (κ1) is 20.9. The van der Waals surface area contributed by atoms with Gasteiger partial charge in [0.15, 0.2) is 23.0 Å². The van der Waals surface area contributed by atoms with E-state index in [1.54, 1.807) is 36.4 Å². The minimum Gasteiger partial charge on any atom is -0.508 e. The van der Waals surface area contributed by atoms with E-state index in [9.17, 15) is 15.3 Å². The van der Waals surface area contributed by atoms with Crippen molar-refractivity contribution in [1.29, 1.82) is 0 Å². The van der Waals surface area contributed by atoms with Crippen LogP contribution in [0.25, 0.3) is 22.3 Å². The summed E-state index contributed by atoms with van der Waals surface area (Å²) in [5.41, 5.74) is 3.42. The summed E-state index contributed by atoms with van der Waals surface area (Å²) >= 11 is 0. The number of nitrogens with zero attached hydrogens (tertiary/aromatic N) is 1. The van der Waals surface area contributed by atoms with Gasteiger partial charge in [-0.3, -0.25) is 0 Å². The zero-order valence-corrected chi connectivity index (χ0v) is 16.9. The number of methoxy groups -OCH3 is 1. The van der Waals surface area contributed by atoms with Crippen LogP contribution in [-0.2, 0) is 4.84 Å². The Labute approximate surface area is 174 Å². The molecule has 30 heavy (non-hydrogen) atoms. The van der Waals surface area contributed by atoms with Gasteiger partial charge in [-0.05, 0) is 53.9 Å². The number of aryl methyl sites for hydroxylation is 1. The molecule has 3 rings (SSSR count). The van der Waals surface area contributed by atoms with E-state index < -0.39 is 0 Å². The molecule has 0 heterocycles. The Morgan fingerprint density at radius 3 is 2.27 bits per heavy atom. The molecule has 0 radical (unpaired) electrons. The summed E-state index contributed by atoms with van der Waals surface area (Å²) in [6.07, 6.45) is 1.43. The van der Waals surface area contributed by atoms with Crippen LogP contribution < -0.4 is 9.47 Å². The molecule has 0 aliphatic heterocycles. The minimum absolute atomic E-state index is 0.0409. The van der Waals surface area contributed by atoms with Gasteiger partial charge in [-0.2, -0.15) is 0 Å². The molecule has 0 amide bonds. The van der Waals surface area contributed by atoms with E-state index in [2.05, 4.69) is 9.99 Å². The number of phenolic OH excluding ortho intramolecular Hbond substituents is 3. The lowest BCUT2D eigenvalue weighted by molar-refractivity contribution is 0.212. The third-order valence-electron chi connectivity index (χ3n) is 4.58. The molecular weight excluding hydrogens is 386 g/mol. The Morgan fingerprint density at radius 2 is 1.63 bits per heavy atom. The van der Waals surface area contributed by atoms with E-state index in [-0.39, 0.29) is 29.6 Å². The van der Waals surface area contributed by atoms with Crippen molar-refractivity contribution in [1.82, 2.24) is 0 Å². The van der Waals surface area contributed by atoms with E-state index in [4.69, 9.17) is 9.47 Å². The summed E-state index contributed by atoms with van der Waals surface area (Å²) in [6, 6.07) is 13.4. The van der Waals surface area contributed by atoms with Crippen molar-refractivity contribution < 1.29 is 29.6 Å². The Bertz CT molecular complexity index is 1060. The number of phenols is 3. The van der Waals surface area contributed by atoms with Gasteiger partial charge in [-0.15, -0.1) is 0 Å². The Kier molecular flexibility index (Phi) is 6.32. The number of hydrogen-bond acceptors (Lipinski definition) is 7. The van der Waals surface area contributed by atoms with Crippen LogP contribution >= 0.6 is 0 Å². The second-order valence-electron chi connectivity index (χ2n) is 6.51. The third-order valence-corrected chi connectivity index (χ3v) is 4.58. The third kappa shape index (κ3) is 4.25. The predicted octanol–water partition coefficient (Wildman–Crippen LogP) is 4.47. The van der Waals surface area contributed by atoms with Crippen molar-refractivity contribution in [3.63, 3.8) is 0 Å². The number of oxime groups is 1. The largest absolute Gasteiger partial charge is 0.508 e. The fraction of sp³-hybridized carbons (Fsp3) is 0.174. The number of hydrogen-bond donors (Lipinski definition) is 3. The molecule has 0 unspecified atom stereocenters. The van der Waals surface area contributed by atoms with Gasteiger partial charge in [0, 0.05) is 11.1 Å². The van der Waals surface area contributed by atoms with E-state index in [1.807, 2.05) is 13.0 Å². The van der Waals surface area contributed by atoms with Crippen molar-refractivity contribution in [2.24, 2.45) is 5.16 Å². The van der Waals surface area contributed by atoms with Gasteiger partial charge in [-0.1, -0.05) is 23.4 Å². The zero-order valence-electron chi connectivity index (χ0n) is 16.9. The first-order valence-electron chi connectivity index (χ1n) is 9.17. The SMILES string of the molecule is CO/N=C/COc1ccc(-c2c(C)cc(-c3ccc(O)cc3)c(OC)c2O)cc1O. The molecule has 3 N–H and O–H groups in total. The highest BCUT2D eigenvalue weighted by Crippen LogP contribution is 2.47. The van der Waals surface area contributed by atoms with Gasteiger partial charge in [0.1, 0.15) is 19.5 Å². The molecule has 0 aliphatic carbocycles. The molecule has 0 saturated heterocycles. The second-order valence-corrected chi connectivity index (χ2v) is 6.51. The molecule has 7 heteroatoms. The molecule has 0 spiro atoms. The highest BCUT2D eigenvalue weighted by atomic mass is 16.6. The monoisotopic (exact) mass is 409 g/mol. The summed E-state index contributed by atoms with van der Waals surface area (Å²) < 4.78 is 10.9. The van der Waals surface area contributed by atoms with E-state index >= 15 is 0 Å². The highest BCUT2D eigenvalue weighted by molar-refractivity contribution is 5.86. The maximum atomic E-state index is 11.0. The molecule has 0 aliphatic rings. The highest BCUT2D eigenvalue weighted by Gasteiger charge is 2.20. The maximum Gasteiger partial charge on any atom is 0.168 e. The van der Waals surface area contributed by atoms with Crippen molar-refractivity contribution in [2.45, 2.75) is 6.92 Å². The quantitative estimate of drug-likeness (QED) is 0.393. The summed E-state index contributed by atoms with van der Waals surface area (Å²) in [5.74, 6) is 0.629. The van der Waals surface area contributed by atoms with Crippen molar-refractivity contribution in [3.05, 3.63) is 54.1 Å². The molecule has 0 bridgehead atoms. The van der Waals surface area contributed by atoms with Crippen LogP contribution in [-0.4, -0.2) is 42.4 Å². The maximum absolute atomic E-state index is 11.0. The van der Waals surface area contributed by atoms with Crippen molar-refractivity contribution >= 4 is 6.21 Å². The van der Waals surface area contributed by atoms with Crippen LogP contribution in [0.15, 0.2) is 53.7 Å². The Hall–Kier alpha value is -3.87. The second kappa shape index (κ2) is 9.09. The number of ether oxygens (including phenoxy) is 2. The van der Waals surface area contributed by atoms with Gasteiger partial charge in [0.05, 0.1) is 13.3 Å². The topological polar surface area (TPSA) is 101 Å². The lowest BCUT2D eigenvalue weighted by Crippen LogP contribution is -1.99. The normalized spacial score (nSPS) is 10.9. The van der Waals surface area contributed by atoms with E-state index in [0.717, 1.165) is 11.1 Å². The van der Waals surface area contributed by atoms with Crippen molar-refractivity contribution in [2.75, 3.05) is 20.8 Å².